The van der Waals surface area contributed by atoms with Crippen molar-refractivity contribution in [2.75, 3.05) is 13.7 Å². The van der Waals surface area contributed by atoms with Crippen molar-refractivity contribution in [1.29, 1.82) is 0 Å². The lowest BCUT2D eigenvalue weighted by Crippen LogP contribution is -2.60. The molecule has 1 spiro atoms. The smallest absolute Gasteiger partial charge is 0.256 e. The molecule has 0 aromatic heterocycles. The van der Waals surface area contributed by atoms with Gasteiger partial charge in [0.05, 0.1) is 23.8 Å². The molecule has 0 unspecified atom stereocenters. The quantitative estimate of drug-likeness (QED) is 0.420. The van der Waals surface area contributed by atoms with Gasteiger partial charge in [0.2, 0.25) is 6.29 Å². The van der Waals surface area contributed by atoms with E-state index in [0.717, 1.165) is 16.7 Å². The van der Waals surface area contributed by atoms with E-state index in [1.807, 2.05) is 32.0 Å². The van der Waals surface area contributed by atoms with E-state index in [9.17, 15) is 25.2 Å². The third-order valence-corrected chi connectivity index (χ3v) is 7.11. The second kappa shape index (κ2) is 9.32. The zero-order chi connectivity index (χ0) is 23.9. The minimum atomic E-state index is -1.57. The first kappa shape index (κ1) is 24.1. The molecule has 5 N–H and O–H groups in total. The van der Waals surface area contributed by atoms with Crippen molar-refractivity contribution in [2.24, 2.45) is 0 Å². The van der Waals surface area contributed by atoms with Crippen LogP contribution in [0, 0.1) is 13.8 Å². The van der Waals surface area contributed by atoms with E-state index >= 15 is 0 Å². The van der Waals surface area contributed by atoms with E-state index in [1.54, 1.807) is 7.11 Å². The summed E-state index contributed by atoms with van der Waals surface area (Å²) in [5.74, 6) is 0.0687. The van der Waals surface area contributed by atoms with Gasteiger partial charge in [0.25, 0.3) is 5.91 Å². The van der Waals surface area contributed by atoms with Crippen molar-refractivity contribution in [3.05, 3.63) is 40.6 Å². The summed E-state index contributed by atoms with van der Waals surface area (Å²) in [6.07, 6.45) is -4.50. The monoisotopic (exact) mass is 463 g/mol. The lowest BCUT2D eigenvalue weighted by atomic mass is 9.79. The summed E-state index contributed by atoms with van der Waals surface area (Å²) in [5.41, 5.74) is 2.15. The van der Waals surface area contributed by atoms with Crippen LogP contribution in [0.2, 0.25) is 0 Å². The number of hydrogen-bond acceptors (Lipinski definition) is 8. The van der Waals surface area contributed by atoms with Crippen LogP contribution in [-0.4, -0.2) is 82.4 Å². The molecule has 1 aromatic rings. The SMILES string of the molecule is COC1CCC2(CC1)NC(=O)C(c1cc(C)ccc1C)=C2O[C@@H]1O[C@H](CO)[C@@H](O)[C@H](O)[C@H]1O. The Kier molecular flexibility index (Phi) is 6.82. The Balaban J connectivity index is 1.78. The number of amides is 1. The summed E-state index contributed by atoms with van der Waals surface area (Å²) in [5, 5.41) is 43.6. The molecule has 0 radical (unpaired) electrons. The molecule has 5 atom stereocenters. The predicted octanol–water partition coefficient (Wildman–Crippen LogP) is 0.289. The number of ether oxygens (including phenoxy) is 3. The topological polar surface area (TPSA) is 138 Å². The third-order valence-electron chi connectivity index (χ3n) is 7.11. The fourth-order valence-corrected chi connectivity index (χ4v) is 5.05. The Morgan fingerprint density at radius 1 is 1.12 bits per heavy atom. The number of hydrogen-bond donors (Lipinski definition) is 5. The van der Waals surface area contributed by atoms with Gasteiger partial charge in [0.15, 0.2) is 0 Å². The van der Waals surface area contributed by atoms with E-state index in [4.69, 9.17) is 14.2 Å². The molecule has 2 heterocycles. The average molecular weight is 464 g/mol. The summed E-state index contributed by atoms with van der Waals surface area (Å²) in [6, 6.07) is 5.81. The van der Waals surface area contributed by atoms with Crippen LogP contribution in [0.5, 0.6) is 0 Å². The van der Waals surface area contributed by atoms with Gasteiger partial charge in [0, 0.05) is 7.11 Å². The number of aryl methyl sites for hydroxylation is 2. The van der Waals surface area contributed by atoms with Crippen LogP contribution < -0.4 is 5.32 Å². The first-order chi connectivity index (χ1) is 15.7. The van der Waals surface area contributed by atoms with Gasteiger partial charge in [-0.2, -0.15) is 0 Å². The molecule has 3 aliphatic rings. The molecule has 2 fully saturated rings. The van der Waals surface area contributed by atoms with Crippen LogP contribution in [0.4, 0.5) is 0 Å². The molecule has 1 aromatic carbocycles. The van der Waals surface area contributed by atoms with Crippen LogP contribution in [0.15, 0.2) is 24.0 Å². The molecule has 2 aliphatic heterocycles. The fourth-order valence-electron chi connectivity index (χ4n) is 5.05. The van der Waals surface area contributed by atoms with Gasteiger partial charge in [-0.15, -0.1) is 0 Å². The zero-order valence-corrected chi connectivity index (χ0v) is 19.2. The summed E-state index contributed by atoms with van der Waals surface area (Å²) in [4.78, 5) is 13.3. The molecule has 1 amide bonds. The highest BCUT2D eigenvalue weighted by molar-refractivity contribution is 6.23. The largest absolute Gasteiger partial charge is 0.463 e. The Labute approximate surface area is 193 Å². The number of carbonyl (C=O) groups excluding carboxylic acids is 1. The van der Waals surface area contributed by atoms with Crippen LogP contribution in [-0.2, 0) is 19.0 Å². The van der Waals surface area contributed by atoms with E-state index in [2.05, 4.69) is 5.32 Å². The van der Waals surface area contributed by atoms with Gasteiger partial charge in [-0.25, -0.2) is 0 Å². The number of rotatable bonds is 5. The van der Waals surface area contributed by atoms with E-state index < -0.39 is 42.9 Å². The van der Waals surface area contributed by atoms with Gasteiger partial charge >= 0.3 is 0 Å². The summed E-state index contributed by atoms with van der Waals surface area (Å²) in [7, 11) is 1.67. The van der Waals surface area contributed by atoms with E-state index in [0.29, 0.717) is 37.0 Å². The average Bonchev–Trinajstić information content (AvgIpc) is 3.06. The maximum Gasteiger partial charge on any atom is 0.256 e. The van der Waals surface area contributed by atoms with Crippen molar-refractivity contribution in [3.63, 3.8) is 0 Å². The molecule has 4 rings (SSSR count). The van der Waals surface area contributed by atoms with Crippen LogP contribution in [0.25, 0.3) is 5.57 Å². The maximum atomic E-state index is 13.3. The molecule has 9 heteroatoms. The fraction of sp³-hybridized carbons (Fsp3) is 0.625. The lowest BCUT2D eigenvalue weighted by molar-refractivity contribution is -0.293. The molecule has 0 bridgehead atoms. The number of aliphatic hydroxyl groups is 4. The number of benzene rings is 1. The highest BCUT2D eigenvalue weighted by atomic mass is 16.7. The zero-order valence-electron chi connectivity index (χ0n) is 19.2. The first-order valence-electron chi connectivity index (χ1n) is 11.4. The molecule has 1 aliphatic carbocycles. The second-order valence-electron chi connectivity index (χ2n) is 9.31. The van der Waals surface area contributed by atoms with Crippen molar-refractivity contribution in [2.45, 2.75) is 81.9 Å². The Morgan fingerprint density at radius 3 is 2.45 bits per heavy atom. The summed E-state index contributed by atoms with van der Waals surface area (Å²) < 4.78 is 17.3. The van der Waals surface area contributed by atoms with E-state index in [-0.39, 0.29) is 12.0 Å². The third kappa shape index (κ3) is 4.29. The van der Waals surface area contributed by atoms with Gasteiger partial charge in [0.1, 0.15) is 30.2 Å². The van der Waals surface area contributed by atoms with Gasteiger partial charge < -0.3 is 40.0 Å². The minimum Gasteiger partial charge on any atom is -0.463 e. The summed E-state index contributed by atoms with van der Waals surface area (Å²) in [6.45, 7) is 3.28. The highest BCUT2D eigenvalue weighted by Gasteiger charge is 2.52. The van der Waals surface area contributed by atoms with Gasteiger partial charge in [-0.3, -0.25) is 4.79 Å². The normalized spacial score (nSPS) is 36.9. The van der Waals surface area contributed by atoms with Gasteiger partial charge in [-0.05, 0) is 50.7 Å². The van der Waals surface area contributed by atoms with Crippen molar-refractivity contribution in [1.82, 2.24) is 5.32 Å². The van der Waals surface area contributed by atoms with Gasteiger partial charge in [-0.1, -0.05) is 23.8 Å². The molecule has 9 nitrogen and oxygen atoms in total. The van der Waals surface area contributed by atoms with Crippen molar-refractivity contribution in [3.8, 4) is 0 Å². The number of nitrogens with one attached hydrogen (secondary N) is 1. The molecular formula is C24H33NO8. The first-order valence-corrected chi connectivity index (χ1v) is 11.4. The number of methoxy groups -OCH3 is 1. The molecule has 182 valence electrons. The molecule has 1 saturated heterocycles. The standard InChI is InChI=1S/C24H33NO8/c1-12-4-5-13(2)15(10-12)17-21(24(25-22(17)30)8-6-14(31-3)7-9-24)33-23-20(29)19(28)18(27)16(11-26)32-23/h4-5,10,14,16,18-20,23,26-29H,6-9,11H2,1-3H3,(H,25,30)/t14?,16-,18-,19+,20-,23+,24?/m1/s1. The second-order valence-corrected chi connectivity index (χ2v) is 9.31. The number of aliphatic hydroxyl groups excluding tert-OH is 4. The highest BCUT2D eigenvalue weighted by Crippen LogP contribution is 2.45. The molecule has 33 heavy (non-hydrogen) atoms. The minimum absolute atomic E-state index is 0.0748. The number of carbonyl (C=O) groups is 1. The Bertz CT molecular complexity index is 921. The molecular weight excluding hydrogens is 430 g/mol. The van der Waals surface area contributed by atoms with Crippen molar-refractivity contribution >= 4 is 11.5 Å². The molecule has 1 saturated carbocycles. The maximum absolute atomic E-state index is 13.3. The van der Waals surface area contributed by atoms with E-state index in [1.165, 1.54) is 0 Å². The van der Waals surface area contributed by atoms with Crippen LogP contribution in [0.1, 0.15) is 42.4 Å². The predicted molar refractivity (Wildman–Crippen MR) is 118 cm³/mol. The Morgan fingerprint density at radius 2 is 1.82 bits per heavy atom. The summed E-state index contributed by atoms with van der Waals surface area (Å²) >= 11 is 0. The van der Waals surface area contributed by atoms with Crippen LogP contribution >= 0.6 is 0 Å². The Hall–Kier alpha value is -2.01. The lowest BCUT2D eigenvalue weighted by Gasteiger charge is -2.43. The van der Waals surface area contributed by atoms with Crippen molar-refractivity contribution < 1.29 is 39.4 Å². The van der Waals surface area contributed by atoms with Crippen LogP contribution in [0.3, 0.4) is 0 Å².